The Hall–Kier alpha value is -1.93. The molecule has 3 aliphatic rings. The molecule has 1 spiro atoms. The highest BCUT2D eigenvalue weighted by atomic mass is 32.1. The summed E-state index contributed by atoms with van der Waals surface area (Å²) in [6.45, 7) is 4.83. The SMILES string of the molecule is CCN1CC(C(=O)N2CCC3(CC2)OCCc2sc(C(=O)O)cc23)CC1=O. The second-order valence-corrected chi connectivity index (χ2v) is 8.64. The predicted octanol–water partition coefficient (Wildman–Crippen LogP) is 1.71. The van der Waals surface area contributed by atoms with Crippen LogP contribution >= 0.6 is 11.3 Å². The lowest BCUT2D eigenvalue weighted by molar-refractivity contribution is -0.144. The highest BCUT2D eigenvalue weighted by Gasteiger charge is 2.44. The fourth-order valence-corrected chi connectivity index (χ4v) is 5.60. The summed E-state index contributed by atoms with van der Waals surface area (Å²) in [5.41, 5.74) is 0.520. The summed E-state index contributed by atoms with van der Waals surface area (Å²) < 4.78 is 6.14. The number of carboxylic acid groups (broad SMARTS) is 1. The van der Waals surface area contributed by atoms with Gasteiger partial charge in [-0.3, -0.25) is 9.59 Å². The Labute approximate surface area is 161 Å². The van der Waals surface area contributed by atoms with Crippen LogP contribution in [0.15, 0.2) is 6.07 Å². The summed E-state index contributed by atoms with van der Waals surface area (Å²) in [5, 5.41) is 9.31. The molecule has 27 heavy (non-hydrogen) atoms. The minimum Gasteiger partial charge on any atom is -0.477 e. The van der Waals surface area contributed by atoms with Crippen molar-refractivity contribution >= 4 is 29.1 Å². The maximum Gasteiger partial charge on any atom is 0.345 e. The lowest BCUT2D eigenvalue weighted by atomic mass is 9.82. The van der Waals surface area contributed by atoms with Crippen LogP contribution in [0.3, 0.4) is 0 Å². The molecule has 1 N–H and O–H groups in total. The molecule has 7 nitrogen and oxygen atoms in total. The third-order valence-corrected chi connectivity index (χ3v) is 7.23. The van der Waals surface area contributed by atoms with Crippen molar-refractivity contribution in [1.29, 1.82) is 0 Å². The van der Waals surface area contributed by atoms with Crippen molar-refractivity contribution in [1.82, 2.24) is 9.80 Å². The standard InChI is InChI=1S/C19H24N2O5S/c1-2-20-11-12(9-16(20)22)17(23)21-6-4-19(5-7-21)13-10-15(18(24)25)27-14(13)3-8-26-19/h10,12H,2-9,11H2,1H3,(H,24,25). The topological polar surface area (TPSA) is 87.2 Å². The maximum absolute atomic E-state index is 12.8. The predicted molar refractivity (Wildman–Crippen MR) is 98.8 cm³/mol. The van der Waals surface area contributed by atoms with E-state index in [1.807, 2.05) is 11.8 Å². The van der Waals surface area contributed by atoms with Crippen LogP contribution in [-0.4, -0.2) is 65.5 Å². The third kappa shape index (κ3) is 3.14. The minimum atomic E-state index is -0.899. The largest absolute Gasteiger partial charge is 0.477 e. The Morgan fingerprint density at radius 3 is 2.74 bits per heavy atom. The molecule has 1 aromatic rings. The first-order chi connectivity index (χ1) is 12.9. The third-order valence-electron chi connectivity index (χ3n) is 6.05. The van der Waals surface area contributed by atoms with E-state index in [4.69, 9.17) is 4.74 Å². The molecule has 2 saturated heterocycles. The molecule has 2 fully saturated rings. The summed E-state index contributed by atoms with van der Waals surface area (Å²) in [6, 6.07) is 1.76. The van der Waals surface area contributed by atoms with Gasteiger partial charge in [-0.1, -0.05) is 0 Å². The Morgan fingerprint density at radius 2 is 2.11 bits per heavy atom. The van der Waals surface area contributed by atoms with Gasteiger partial charge in [-0.2, -0.15) is 0 Å². The van der Waals surface area contributed by atoms with E-state index in [1.54, 1.807) is 11.0 Å². The first-order valence-electron chi connectivity index (χ1n) is 9.50. The quantitative estimate of drug-likeness (QED) is 0.846. The van der Waals surface area contributed by atoms with Gasteiger partial charge in [-0.25, -0.2) is 4.79 Å². The van der Waals surface area contributed by atoms with Crippen LogP contribution in [0.1, 0.15) is 46.3 Å². The summed E-state index contributed by atoms with van der Waals surface area (Å²) in [5.74, 6) is -1.02. The highest BCUT2D eigenvalue weighted by molar-refractivity contribution is 7.14. The molecule has 1 unspecified atom stereocenters. The van der Waals surface area contributed by atoms with Crippen molar-refractivity contribution in [2.75, 3.05) is 32.8 Å². The van der Waals surface area contributed by atoms with Gasteiger partial charge in [0.25, 0.3) is 0 Å². The van der Waals surface area contributed by atoms with Crippen molar-refractivity contribution in [2.45, 2.75) is 38.2 Å². The summed E-state index contributed by atoms with van der Waals surface area (Å²) in [7, 11) is 0. The second-order valence-electron chi connectivity index (χ2n) is 7.50. The summed E-state index contributed by atoms with van der Waals surface area (Å²) >= 11 is 1.34. The number of fused-ring (bicyclic) bond motifs is 2. The first kappa shape index (κ1) is 18.4. The number of hydrogen-bond donors (Lipinski definition) is 1. The van der Waals surface area contributed by atoms with E-state index in [9.17, 15) is 19.5 Å². The molecule has 8 heteroatoms. The molecule has 146 valence electrons. The first-order valence-corrected chi connectivity index (χ1v) is 10.3. The van der Waals surface area contributed by atoms with Gasteiger partial charge in [-0.15, -0.1) is 11.3 Å². The van der Waals surface area contributed by atoms with Crippen molar-refractivity contribution in [2.24, 2.45) is 5.92 Å². The molecule has 0 radical (unpaired) electrons. The maximum atomic E-state index is 12.8. The van der Waals surface area contributed by atoms with Gasteiger partial charge in [0, 0.05) is 43.9 Å². The van der Waals surface area contributed by atoms with E-state index in [2.05, 4.69) is 0 Å². The van der Waals surface area contributed by atoms with E-state index < -0.39 is 11.6 Å². The summed E-state index contributed by atoms with van der Waals surface area (Å²) in [4.78, 5) is 41.2. The lowest BCUT2D eigenvalue weighted by Gasteiger charge is -2.44. The number of carbonyl (C=O) groups is 3. The number of ether oxygens (including phenoxy) is 1. The molecule has 0 bridgehead atoms. The number of nitrogens with zero attached hydrogens (tertiary/aromatic N) is 2. The normalized spacial score (nSPS) is 24.3. The van der Waals surface area contributed by atoms with Crippen LogP contribution in [0.4, 0.5) is 0 Å². The Balaban J connectivity index is 1.46. The zero-order valence-electron chi connectivity index (χ0n) is 15.4. The van der Waals surface area contributed by atoms with Crippen molar-refractivity contribution < 1.29 is 24.2 Å². The Morgan fingerprint density at radius 1 is 1.37 bits per heavy atom. The molecule has 0 aromatic carbocycles. The molecule has 1 aromatic heterocycles. The van der Waals surface area contributed by atoms with E-state index in [-0.39, 0.29) is 17.7 Å². The Bertz CT molecular complexity index is 781. The number of aromatic carboxylic acids is 1. The molecule has 0 saturated carbocycles. The van der Waals surface area contributed by atoms with Crippen LogP contribution in [0, 0.1) is 5.92 Å². The molecule has 4 heterocycles. The molecule has 1 atom stereocenters. The van der Waals surface area contributed by atoms with Gasteiger partial charge >= 0.3 is 5.97 Å². The van der Waals surface area contributed by atoms with E-state index in [0.717, 1.165) is 16.9 Å². The van der Waals surface area contributed by atoms with Crippen molar-refractivity contribution in [3.63, 3.8) is 0 Å². The number of piperidine rings is 1. The fraction of sp³-hybridized carbons (Fsp3) is 0.632. The summed E-state index contributed by atoms with van der Waals surface area (Å²) in [6.07, 6.45) is 2.38. The van der Waals surface area contributed by atoms with E-state index in [0.29, 0.717) is 56.9 Å². The van der Waals surface area contributed by atoms with Crippen LogP contribution in [0.2, 0.25) is 0 Å². The average Bonchev–Trinajstić information content (AvgIpc) is 3.26. The van der Waals surface area contributed by atoms with Crippen LogP contribution in [0.5, 0.6) is 0 Å². The molecular weight excluding hydrogens is 368 g/mol. The van der Waals surface area contributed by atoms with E-state index >= 15 is 0 Å². The number of carboxylic acids is 1. The highest BCUT2D eigenvalue weighted by Crippen LogP contribution is 2.44. The Kier molecular flexibility index (Phi) is 4.71. The van der Waals surface area contributed by atoms with E-state index in [1.165, 1.54) is 11.3 Å². The molecule has 0 aliphatic carbocycles. The van der Waals surface area contributed by atoms with Crippen LogP contribution in [-0.2, 0) is 26.3 Å². The molecule has 3 aliphatic heterocycles. The van der Waals surface area contributed by atoms with Gasteiger partial charge in [0.1, 0.15) is 4.88 Å². The van der Waals surface area contributed by atoms with Crippen molar-refractivity contribution in [3.8, 4) is 0 Å². The lowest BCUT2D eigenvalue weighted by Crippen LogP contribution is -2.49. The number of rotatable bonds is 3. The zero-order chi connectivity index (χ0) is 19.2. The monoisotopic (exact) mass is 392 g/mol. The van der Waals surface area contributed by atoms with Crippen LogP contribution < -0.4 is 0 Å². The minimum absolute atomic E-state index is 0.0572. The number of amides is 2. The number of carbonyl (C=O) groups excluding carboxylic acids is 2. The van der Waals surface area contributed by atoms with Gasteiger partial charge in [0.15, 0.2) is 0 Å². The average molecular weight is 392 g/mol. The molecule has 2 amide bonds. The molecule has 4 rings (SSSR count). The fourth-order valence-electron chi connectivity index (χ4n) is 4.53. The van der Waals surface area contributed by atoms with Gasteiger partial charge in [0.05, 0.1) is 18.1 Å². The number of likely N-dealkylation sites (tertiary alicyclic amines) is 2. The van der Waals surface area contributed by atoms with Gasteiger partial charge in [-0.05, 0) is 31.4 Å². The van der Waals surface area contributed by atoms with Crippen LogP contribution in [0.25, 0.3) is 0 Å². The van der Waals surface area contributed by atoms with Crippen molar-refractivity contribution in [3.05, 3.63) is 21.4 Å². The number of hydrogen-bond acceptors (Lipinski definition) is 5. The smallest absolute Gasteiger partial charge is 0.345 e. The molecular formula is C19H24N2O5S. The number of thiophene rings is 1. The van der Waals surface area contributed by atoms with Gasteiger partial charge < -0.3 is 19.6 Å². The zero-order valence-corrected chi connectivity index (χ0v) is 16.2. The van der Waals surface area contributed by atoms with Gasteiger partial charge in [0.2, 0.25) is 11.8 Å². The second kappa shape index (κ2) is 6.91.